The fourth-order valence-electron chi connectivity index (χ4n) is 4.39. The van der Waals surface area contributed by atoms with E-state index in [1.165, 1.54) is 16.7 Å². The molecule has 5 heteroatoms. The average Bonchev–Trinajstić information content (AvgIpc) is 3.05. The number of sulfonamides is 1. The Balaban J connectivity index is 1.76. The minimum absolute atomic E-state index is 0.204. The van der Waals surface area contributed by atoms with Crippen molar-refractivity contribution in [2.75, 3.05) is 13.1 Å². The van der Waals surface area contributed by atoms with Crippen molar-refractivity contribution in [3.63, 3.8) is 0 Å². The van der Waals surface area contributed by atoms with E-state index in [2.05, 4.69) is 19.9 Å². The lowest BCUT2D eigenvalue weighted by molar-refractivity contribution is 0.456. The first-order chi connectivity index (χ1) is 12.8. The highest BCUT2D eigenvalue weighted by Crippen LogP contribution is 2.45. The molecule has 0 saturated carbocycles. The number of halogens is 1. The van der Waals surface area contributed by atoms with E-state index in [1.54, 1.807) is 16.4 Å². The molecule has 2 aromatic carbocycles. The van der Waals surface area contributed by atoms with Crippen LogP contribution in [0.15, 0.2) is 52.9 Å². The number of allylic oxidation sites excluding steroid dienone is 1. The summed E-state index contributed by atoms with van der Waals surface area (Å²) in [6, 6.07) is 13.1. The van der Waals surface area contributed by atoms with Gasteiger partial charge in [0, 0.05) is 18.1 Å². The number of rotatable bonds is 3. The van der Waals surface area contributed by atoms with Crippen LogP contribution in [0.4, 0.5) is 0 Å². The van der Waals surface area contributed by atoms with Crippen LogP contribution in [-0.2, 0) is 16.4 Å². The molecule has 1 saturated heterocycles. The molecule has 1 unspecified atom stereocenters. The van der Waals surface area contributed by atoms with Crippen LogP contribution in [0.25, 0.3) is 5.57 Å². The molecular weight excluding hydrogens is 378 g/mol. The molecule has 4 rings (SSSR count). The van der Waals surface area contributed by atoms with Crippen molar-refractivity contribution in [3.8, 4) is 0 Å². The fourth-order valence-corrected chi connectivity index (χ4v) is 6.11. The quantitative estimate of drug-likeness (QED) is 0.730. The number of nitrogens with zero attached hydrogens (tertiary/aromatic N) is 1. The average molecular weight is 402 g/mol. The van der Waals surface area contributed by atoms with Crippen molar-refractivity contribution in [1.82, 2.24) is 4.31 Å². The van der Waals surface area contributed by atoms with Crippen molar-refractivity contribution in [1.29, 1.82) is 0 Å². The third-order valence-corrected chi connectivity index (χ3v) is 7.89. The minimum atomic E-state index is -3.49. The highest BCUT2D eigenvalue weighted by atomic mass is 35.5. The standard InChI is InChI=1S/C22H24ClNO2S/c1-14(2)22-18-5-4-6-21(23)19(18)11-16-12-24(13-20(16)22)27(25,26)17-9-7-15(3)8-10-17/h4-10,14,16H,11-13H2,1-3H3. The van der Waals surface area contributed by atoms with Crippen LogP contribution in [0.2, 0.25) is 5.02 Å². The maximum Gasteiger partial charge on any atom is 0.243 e. The summed E-state index contributed by atoms with van der Waals surface area (Å²) in [7, 11) is -3.49. The maximum absolute atomic E-state index is 13.2. The summed E-state index contributed by atoms with van der Waals surface area (Å²) in [6.45, 7) is 7.30. The minimum Gasteiger partial charge on any atom is -0.207 e. The lowest BCUT2D eigenvalue weighted by Crippen LogP contribution is -2.29. The van der Waals surface area contributed by atoms with Gasteiger partial charge in [-0.2, -0.15) is 4.31 Å². The van der Waals surface area contributed by atoms with Crippen LogP contribution in [0, 0.1) is 18.8 Å². The van der Waals surface area contributed by atoms with Crippen LogP contribution in [0.1, 0.15) is 30.5 Å². The van der Waals surface area contributed by atoms with E-state index in [1.807, 2.05) is 31.2 Å². The second-order valence-electron chi connectivity index (χ2n) is 7.87. The van der Waals surface area contributed by atoms with E-state index >= 15 is 0 Å². The van der Waals surface area contributed by atoms with Gasteiger partial charge >= 0.3 is 0 Å². The van der Waals surface area contributed by atoms with Crippen LogP contribution < -0.4 is 0 Å². The van der Waals surface area contributed by atoms with E-state index in [0.717, 1.165) is 22.6 Å². The van der Waals surface area contributed by atoms with Gasteiger partial charge in [0.15, 0.2) is 0 Å². The molecule has 27 heavy (non-hydrogen) atoms. The first-order valence-corrected chi connectivity index (χ1v) is 11.2. The van der Waals surface area contributed by atoms with E-state index in [-0.39, 0.29) is 5.92 Å². The van der Waals surface area contributed by atoms with Crippen LogP contribution in [0.5, 0.6) is 0 Å². The zero-order chi connectivity index (χ0) is 19.3. The summed E-state index contributed by atoms with van der Waals surface area (Å²) >= 11 is 6.49. The molecule has 0 amide bonds. The lowest BCUT2D eigenvalue weighted by atomic mass is 9.76. The van der Waals surface area contributed by atoms with E-state index in [4.69, 9.17) is 11.6 Å². The van der Waals surface area contributed by atoms with E-state index in [0.29, 0.717) is 23.9 Å². The molecule has 3 nitrogen and oxygen atoms in total. The molecule has 0 bridgehead atoms. The third kappa shape index (κ3) is 3.14. The largest absolute Gasteiger partial charge is 0.243 e. The molecule has 0 aromatic heterocycles. The number of hydrogen-bond acceptors (Lipinski definition) is 2. The Morgan fingerprint density at radius 1 is 1.11 bits per heavy atom. The molecular formula is C22H24ClNO2S. The molecule has 1 fully saturated rings. The van der Waals surface area contributed by atoms with Crippen molar-refractivity contribution >= 4 is 27.2 Å². The molecule has 142 valence electrons. The Morgan fingerprint density at radius 2 is 1.81 bits per heavy atom. The van der Waals surface area contributed by atoms with E-state index < -0.39 is 10.0 Å². The number of benzene rings is 2. The monoisotopic (exact) mass is 401 g/mol. The molecule has 0 spiro atoms. The smallest absolute Gasteiger partial charge is 0.207 e. The Morgan fingerprint density at radius 3 is 2.48 bits per heavy atom. The van der Waals surface area contributed by atoms with E-state index in [9.17, 15) is 8.42 Å². The zero-order valence-electron chi connectivity index (χ0n) is 15.9. The molecule has 1 aliphatic heterocycles. The Hall–Kier alpha value is -1.62. The number of aryl methyl sites for hydroxylation is 1. The van der Waals surface area contributed by atoms with Crippen molar-refractivity contribution in [2.45, 2.75) is 32.1 Å². The van der Waals surface area contributed by atoms with Crippen LogP contribution >= 0.6 is 11.6 Å². The first-order valence-electron chi connectivity index (χ1n) is 9.36. The van der Waals surface area contributed by atoms with Gasteiger partial charge < -0.3 is 0 Å². The topological polar surface area (TPSA) is 37.4 Å². The highest BCUT2D eigenvalue weighted by molar-refractivity contribution is 7.89. The van der Waals surface area contributed by atoms with Gasteiger partial charge in [-0.25, -0.2) is 8.42 Å². The van der Waals surface area contributed by atoms with Gasteiger partial charge in [0.1, 0.15) is 0 Å². The van der Waals surface area contributed by atoms with Crippen molar-refractivity contribution in [3.05, 3.63) is 69.8 Å². The molecule has 0 radical (unpaired) electrons. The third-order valence-electron chi connectivity index (χ3n) is 5.71. The molecule has 0 N–H and O–H groups in total. The highest BCUT2D eigenvalue weighted by Gasteiger charge is 2.40. The fraction of sp³-hybridized carbons (Fsp3) is 0.364. The second kappa shape index (κ2) is 6.77. The van der Waals surface area contributed by atoms with Gasteiger partial charge in [0.2, 0.25) is 10.0 Å². The van der Waals surface area contributed by atoms with Crippen molar-refractivity contribution < 1.29 is 8.42 Å². The predicted molar refractivity (Wildman–Crippen MR) is 110 cm³/mol. The Kier molecular flexibility index (Phi) is 4.69. The lowest BCUT2D eigenvalue weighted by Gasteiger charge is -2.28. The molecule has 1 atom stereocenters. The summed E-state index contributed by atoms with van der Waals surface area (Å²) in [5.74, 6) is 0.525. The first kappa shape index (κ1) is 18.7. The molecule has 1 heterocycles. The summed E-state index contributed by atoms with van der Waals surface area (Å²) in [5, 5.41) is 0.782. The van der Waals surface area contributed by atoms with Crippen LogP contribution in [-0.4, -0.2) is 25.8 Å². The van der Waals surface area contributed by atoms with Crippen molar-refractivity contribution in [2.24, 2.45) is 11.8 Å². The second-order valence-corrected chi connectivity index (χ2v) is 10.2. The van der Waals surface area contributed by atoms with Gasteiger partial charge in [-0.15, -0.1) is 0 Å². The summed E-state index contributed by atoms with van der Waals surface area (Å²) in [6.07, 6.45) is 0.806. The Bertz CT molecular complexity index is 1020. The molecule has 1 aliphatic carbocycles. The zero-order valence-corrected chi connectivity index (χ0v) is 17.4. The molecule has 2 aromatic rings. The number of fused-ring (bicyclic) bond motifs is 2. The van der Waals surface area contributed by atoms with Crippen LogP contribution in [0.3, 0.4) is 0 Å². The molecule has 2 aliphatic rings. The summed E-state index contributed by atoms with van der Waals surface area (Å²) in [4.78, 5) is 0.369. The van der Waals surface area contributed by atoms with Gasteiger partial charge in [-0.1, -0.05) is 55.3 Å². The van der Waals surface area contributed by atoms with Gasteiger partial charge in [-0.3, -0.25) is 0 Å². The number of hydrogen-bond donors (Lipinski definition) is 0. The van der Waals surface area contributed by atoms with Gasteiger partial charge in [-0.05, 0) is 65.7 Å². The maximum atomic E-state index is 13.2. The van der Waals surface area contributed by atoms with Gasteiger partial charge in [0.05, 0.1) is 4.90 Å². The predicted octanol–water partition coefficient (Wildman–Crippen LogP) is 4.93. The van der Waals surface area contributed by atoms with Gasteiger partial charge in [0.25, 0.3) is 0 Å². The SMILES string of the molecule is Cc1ccc(S(=O)(=O)N2CC3=C(C(C)C)c4cccc(Cl)c4CC3C2)cc1. The summed E-state index contributed by atoms with van der Waals surface area (Å²) in [5.41, 5.74) is 5.93. The Labute approximate surface area is 166 Å². The normalized spacial score (nSPS) is 20.1. The summed E-state index contributed by atoms with van der Waals surface area (Å²) < 4.78 is 28.0.